The van der Waals surface area contributed by atoms with E-state index in [9.17, 15) is 9.59 Å². The molecule has 2 aromatic carbocycles. The quantitative estimate of drug-likeness (QED) is 0.271. The third-order valence-electron chi connectivity index (χ3n) is 6.68. The fourth-order valence-corrected chi connectivity index (χ4v) is 4.56. The van der Waals surface area contributed by atoms with E-state index < -0.39 is 0 Å². The molecule has 0 saturated carbocycles. The van der Waals surface area contributed by atoms with Crippen LogP contribution in [0.2, 0.25) is 0 Å². The monoisotopic (exact) mass is 507 g/mol. The molecule has 37 heavy (non-hydrogen) atoms. The number of H-pyrrole nitrogens is 1. The Hall–Kier alpha value is -3.32. The minimum atomic E-state index is -0.0630. The van der Waals surface area contributed by atoms with Gasteiger partial charge < -0.3 is 24.3 Å². The molecule has 0 radical (unpaired) electrons. The van der Waals surface area contributed by atoms with Gasteiger partial charge in [0.05, 0.1) is 13.7 Å². The number of carbonyl (C=O) groups is 2. The van der Waals surface area contributed by atoms with Crippen molar-refractivity contribution in [3.05, 3.63) is 65.9 Å². The third-order valence-corrected chi connectivity index (χ3v) is 6.68. The number of hydrogen-bond donors (Lipinski definition) is 1. The van der Waals surface area contributed by atoms with Crippen molar-refractivity contribution in [2.45, 2.75) is 52.0 Å². The minimum Gasteiger partial charge on any atom is -0.496 e. The first kappa shape index (κ1) is 28.3. The van der Waals surface area contributed by atoms with Crippen molar-refractivity contribution < 1.29 is 19.1 Å². The summed E-state index contributed by atoms with van der Waals surface area (Å²) in [6.45, 7) is 4.20. The summed E-state index contributed by atoms with van der Waals surface area (Å²) in [5, 5.41) is 1.17. The number of benzene rings is 2. The van der Waals surface area contributed by atoms with Gasteiger partial charge in [-0.2, -0.15) is 0 Å². The highest BCUT2D eigenvalue weighted by molar-refractivity contribution is 5.85. The Morgan fingerprint density at radius 2 is 1.65 bits per heavy atom. The van der Waals surface area contributed by atoms with Crippen LogP contribution in [0.1, 0.15) is 50.2 Å². The average molecular weight is 508 g/mol. The van der Waals surface area contributed by atoms with Gasteiger partial charge in [0.25, 0.3) is 0 Å². The fourth-order valence-electron chi connectivity index (χ4n) is 4.56. The predicted molar refractivity (Wildman–Crippen MR) is 148 cm³/mol. The third kappa shape index (κ3) is 8.35. The van der Waals surface area contributed by atoms with Crippen LogP contribution in [0.15, 0.2) is 54.7 Å². The number of aromatic amines is 1. The van der Waals surface area contributed by atoms with Crippen molar-refractivity contribution in [1.82, 2.24) is 14.8 Å². The maximum atomic E-state index is 13.7. The van der Waals surface area contributed by atoms with Gasteiger partial charge in [-0.3, -0.25) is 9.59 Å². The summed E-state index contributed by atoms with van der Waals surface area (Å²) in [7, 11) is 3.29. The molecule has 3 aromatic rings. The molecule has 2 amide bonds. The lowest BCUT2D eigenvalue weighted by Gasteiger charge is -2.28. The fraction of sp³-hybridized carbons (Fsp3) is 0.467. The number of hydrogen-bond acceptors (Lipinski definition) is 4. The maximum absolute atomic E-state index is 13.7. The lowest BCUT2D eigenvalue weighted by atomic mass is 10.1. The molecular formula is C30H41N3O4. The average Bonchev–Trinajstić information content (AvgIpc) is 3.33. The molecule has 0 saturated heterocycles. The van der Waals surface area contributed by atoms with Crippen molar-refractivity contribution in [2.24, 2.45) is 0 Å². The second kappa shape index (κ2) is 15.1. The first-order chi connectivity index (χ1) is 18.1. The summed E-state index contributed by atoms with van der Waals surface area (Å²) in [4.78, 5) is 33.6. The van der Waals surface area contributed by atoms with Gasteiger partial charge in [-0.05, 0) is 37.0 Å². The van der Waals surface area contributed by atoms with Crippen molar-refractivity contribution in [3.8, 4) is 5.75 Å². The molecule has 0 atom stereocenters. The Balaban J connectivity index is 1.78. The minimum absolute atomic E-state index is 0.0340. The van der Waals surface area contributed by atoms with Crippen molar-refractivity contribution in [2.75, 3.05) is 40.5 Å². The molecule has 0 fully saturated rings. The van der Waals surface area contributed by atoms with Gasteiger partial charge in [0, 0.05) is 62.4 Å². The van der Waals surface area contributed by atoms with Gasteiger partial charge in [0.2, 0.25) is 11.8 Å². The van der Waals surface area contributed by atoms with E-state index in [1.54, 1.807) is 19.1 Å². The normalized spacial score (nSPS) is 11.0. The molecule has 1 N–H and O–H groups in total. The van der Waals surface area contributed by atoms with Crippen LogP contribution in [0, 0.1) is 0 Å². The second-order valence-electron chi connectivity index (χ2n) is 9.36. The second-order valence-corrected chi connectivity index (χ2v) is 9.36. The molecule has 200 valence electrons. The van der Waals surface area contributed by atoms with Gasteiger partial charge >= 0.3 is 0 Å². The van der Waals surface area contributed by atoms with Crippen molar-refractivity contribution >= 4 is 22.7 Å². The number of amides is 2. The highest BCUT2D eigenvalue weighted by Gasteiger charge is 2.22. The molecule has 0 bridgehead atoms. The summed E-state index contributed by atoms with van der Waals surface area (Å²) >= 11 is 0. The van der Waals surface area contributed by atoms with E-state index in [1.807, 2.05) is 47.5 Å². The molecule has 0 unspecified atom stereocenters. The Kier molecular flexibility index (Phi) is 11.5. The number of unbranched alkanes of at least 4 members (excludes halogenated alkanes) is 2. The van der Waals surface area contributed by atoms with Crippen LogP contribution >= 0.6 is 0 Å². The standard InChI is InChI=1S/C30H41N3O4/c1-4-5-6-16-29(34)32(18-11-20-36-2)23-30(35)33(22-25-12-7-10-15-28(25)37-3)19-17-24-21-31-27-14-9-8-13-26(24)27/h7-10,12-15,21,31H,4-6,11,16-20,22-23H2,1-3H3. The predicted octanol–water partition coefficient (Wildman–Crippen LogP) is 5.19. The largest absolute Gasteiger partial charge is 0.496 e. The summed E-state index contributed by atoms with van der Waals surface area (Å²) in [6.07, 6.45) is 6.80. The molecule has 0 aliphatic rings. The Bertz CT molecular complexity index is 1130. The van der Waals surface area contributed by atoms with E-state index in [4.69, 9.17) is 9.47 Å². The molecule has 7 heteroatoms. The van der Waals surface area contributed by atoms with Crippen LogP contribution in [0.3, 0.4) is 0 Å². The number of para-hydroxylation sites is 2. The van der Waals surface area contributed by atoms with Crippen molar-refractivity contribution in [3.63, 3.8) is 0 Å². The lowest BCUT2D eigenvalue weighted by Crippen LogP contribution is -2.44. The molecule has 0 aliphatic heterocycles. The summed E-state index contributed by atoms with van der Waals surface area (Å²) in [5.41, 5.74) is 3.20. The van der Waals surface area contributed by atoms with Crippen LogP contribution in [-0.4, -0.2) is 67.1 Å². The number of aromatic nitrogens is 1. The highest BCUT2D eigenvalue weighted by atomic mass is 16.5. The first-order valence-electron chi connectivity index (χ1n) is 13.3. The maximum Gasteiger partial charge on any atom is 0.242 e. The molecule has 3 rings (SSSR count). The molecule has 0 aliphatic carbocycles. The lowest BCUT2D eigenvalue weighted by molar-refractivity contribution is -0.141. The zero-order chi connectivity index (χ0) is 26.5. The topological polar surface area (TPSA) is 74.9 Å². The van der Waals surface area contributed by atoms with Crippen LogP contribution in [0.25, 0.3) is 10.9 Å². The van der Waals surface area contributed by atoms with Crippen LogP contribution in [-0.2, 0) is 27.3 Å². The van der Waals surface area contributed by atoms with Crippen molar-refractivity contribution in [1.29, 1.82) is 0 Å². The molecule has 1 heterocycles. The van der Waals surface area contributed by atoms with Gasteiger partial charge in [-0.1, -0.05) is 56.2 Å². The van der Waals surface area contributed by atoms with E-state index in [-0.39, 0.29) is 18.4 Å². The van der Waals surface area contributed by atoms with E-state index >= 15 is 0 Å². The summed E-state index contributed by atoms with van der Waals surface area (Å²) in [5.74, 6) is 0.721. The van der Waals surface area contributed by atoms with Crippen LogP contribution in [0.4, 0.5) is 0 Å². The highest BCUT2D eigenvalue weighted by Crippen LogP contribution is 2.22. The smallest absolute Gasteiger partial charge is 0.242 e. The van der Waals surface area contributed by atoms with E-state index in [0.29, 0.717) is 45.5 Å². The number of rotatable bonds is 16. The zero-order valence-electron chi connectivity index (χ0n) is 22.5. The van der Waals surface area contributed by atoms with Gasteiger partial charge in [-0.15, -0.1) is 0 Å². The Morgan fingerprint density at radius 3 is 2.43 bits per heavy atom. The number of nitrogens with zero attached hydrogens (tertiary/aromatic N) is 2. The van der Waals surface area contributed by atoms with E-state index in [2.05, 4.69) is 24.0 Å². The molecule has 7 nitrogen and oxygen atoms in total. The van der Waals surface area contributed by atoms with Gasteiger partial charge in [-0.25, -0.2) is 0 Å². The van der Waals surface area contributed by atoms with Gasteiger partial charge in [0.15, 0.2) is 0 Å². The number of nitrogens with one attached hydrogen (secondary N) is 1. The Labute approximate surface area is 220 Å². The molecule has 1 aromatic heterocycles. The number of ether oxygens (including phenoxy) is 2. The number of carbonyl (C=O) groups excluding carboxylic acids is 2. The molecular weight excluding hydrogens is 466 g/mol. The Morgan fingerprint density at radius 1 is 0.865 bits per heavy atom. The zero-order valence-corrected chi connectivity index (χ0v) is 22.5. The SMILES string of the molecule is CCCCCC(=O)N(CCCOC)CC(=O)N(CCc1c[nH]c2ccccc12)Cc1ccccc1OC. The first-order valence-corrected chi connectivity index (χ1v) is 13.3. The summed E-state index contributed by atoms with van der Waals surface area (Å²) in [6, 6.07) is 16.0. The summed E-state index contributed by atoms with van der Waals surface area (Å²) < 4.78 is 10.7. The van der Waals surface area contributed by atoms with E-state index in [0.717, 1.165) is 36.1 Å². The number of fused-ring (bicyclic) bond motifs is 1. The number of methoxy groups -OCH3 is 2. The van der Waals surface area contributed by atoms with Gasteiger partial charge in [0.1, 0.15) is 5.75 Å². The molecule has 0 spiro atoms. The van der Waals surface area contributed by atoms with E-state index in [1.165, 1.54) is 10.9 Å². The van der Waals surface area contributed by atoms with Crippen LogP contribution in [0.5, 0.6) is 5.75 Å². The van der Waals surface area contributed by atoms with Crippen LogP contribution < -0.4 is 4.74 Å².